The van der Waals surface area contributed by atoms with Crippen molar-refractivity contribution in [3.63, 3.8) is 0 Å². The summed E-state index contributed by atoms with van der Waals surface area (Å²) in [4.78, 5) is 23.1. The van der Waals surface area contributed by atoms with Crippen molar-refractivity contribution >= 4 is 12.1 Å². The smallest absolute Gasteiger partial charge is 0.408 e. The number of carbonyl (C=O) groups is 2. The molecule has 7 heteroatoms. The van der Waals surface area contributed by atoms with Gasteiger partial charge in [0.25, 0.3) is 0 Å². The van der Waals surface area contributed by atoms with Gasteiger partial charge in [0.1, 0.15) is 23.5 Å². The summed E-state index contributed by atoms with van der Waals surface area (Å²) >= 11 is 0. The Labute approximate surface area is 146 Å². The molecule has 1 amide bonds. The number of carboxylic acids is 1. The van der Waals surface area contributed by atoms with Crippen molar-refractivity contribution in [1.29, 1.82) is 0 Å². The van der Waals surface area contributed by atoms with E-state index >= 15 is 0 Å². The number of aliphatic hydroxyl groups is 1. The van der Waals surface area contributed by atoms with Crippen LogP contribution in [0.3, 0.4) is 0 Å². The number of hydrogen-bond donors (Lipinski definition) is 3. The molecule has 0 bridgehead atoms. The zero-order valence-corrected chi connectivity index (χ0v) is 14.7. The van der Waals surface area contributed by atoms with Gasteiger partial charge in [-0.25, -0.2) is 9.59 Å². The first-order valence-corrected chi connectivity index (χ1v) is 8.28. The average molecular weight is 351 g/mol. The van der Waals surface area contributed by atoms with Crippen LogP contribution >= 0.6 is 0 Å². The van der Waals surface area contributed by atoms with E-state index in [1.807, 2.05) is 0 Å². The van der Waals surface area contributed by atoms with Crippen LogP contribution in [-0.4, -0.2) is 46.1 Å². The highest BCUT2D eigenvalue weighted by Crippen LogP contribution is 2.26. The van der Waals surface area contributed by atoms with Crippen molar-refractivity contribution in [3.8, 4) is 5.75 Å². The molecule has 1 aromatic carbocycles. The molecule has 138 valence electrons. The number of carbonyl (C=O) groups excluding carboxylic acids is 1. The molecule has 0 unspecified atom stereocenters. The Kier molecular flexibility index (Phi) is 5.89. The Hall–Kier alpha value is -2.28. The van der Waals surface area contributed by atoms with Gasteiger partial charge in [-0.1, -0.05) is 12.1 Å². The third-order valence-electron chi connectivity index (χ3n) is 3.72. The largest absolute Gasteiger partial charge is 0.490 e. The van der Waals surface area contributed by atoms with Crippen LogP contribution < -0.4 is 10.1 Å². The average Bonchev–Trinajstić information content (AvgIpc) is 2.44. The van der Waals surface area contributed by atoms with Crippen LogP contribution in [0.4, 0.5) is 4.79 Å². The highest BCUT2D eigenvalue weighted by Gasteiger charge is 2.29. The Balaban J connectivity index is 1.90. The zero-order valence-electron chi connectivity index (χ0n) is 14.7. The number of alkyl carbamates (subject to hydrolysis) is 1. The number of nitrogens with one attached hydrogen (secondary N) is 1. The third-order valence-corrected chi connectivity index (χ3v) is 3.72. The predicted octanol–water partition coefficient (Wildman–Crippen LogP) is 2.11. The number of aliphatic carboxylic acids is 1. The number of ether oxygens (including phenoxy) is 2. The zero-order chi connectivity index (χ0) is 18.6. The van der Waals surface area contributed by atoms with Crippen molar-refractivity contribution in [2.45, 2.75) is 63.9 Å². The van der Waals surface area contributed by atoms with Gasteiger partial charge in [0.05, 0.1) is 6.10 Å². The summed E-state index contributed by atoms with van der Waals surface area (Å²) in [6, 6.07) is 5.95. The molecule has 0 aromatic heterocycles. The molecule has 0 spiro atoms. The summed E-state index contributed by atoms with van der Waals surface area (Å²) in [5.74, 6) is -0.456. The lowest BCUT2D eigenvalue weighted by molar-refractivity contribution is -0.139. The van der Waals surface area contributed by atoms with E-state index in [4.69, 9.17) is 9.47 Å². The summed E-state index contributed by atoms with van der Waals surface area (Å²) in [5.41, 5.74) is 0.0609. The van der Waals surface area contributed by atoms with Crippen LogP contribution in [0.25, 0.3) is 0 Å². The molecule has 1 atom stereocenters. The Morgan fingerprint density at radius 2 is 1.84 bits per heavy atom. The van der Waals surface area contributed by atoms with Gasteiger partial charge in [-0.05, 0) is 38.5 Å². The quantitative estimate of drug-likeness (QED) is 0.725. The predicted molar refractivity (Wildman–Crippen MR) is 90.6 cm³/mol. The van der Waals surface area contributed by atoms with Gasteiger partial charge in [-0.15, -0.1) is 0 Å². The van der Waals surface area contributed by atoms with E-state index in [0.717, 1.165) is 5.56 Å². The van der Waals surface area contributed by atoms with Crippen LogP contribution in [-0.2, 0) is 16.0 Å². The summed E-state index contributed by atoms with van der Waals surface area (Å²) < 4.78 is 10.8. The molecule has 0 saturated heterocycles. The molecule has 0 aliphatic heterocycles. The lowest BCUT2D eigenvalue weighted by Gasteiger charge is -2.31. The van der Waals surface area contributed by atoms with Gasteiger partial charge in [0.2, 0.25) is 0 Å². The minimum atomic E-state index is -1.13. The topological polar surface area (TPSA) is 105 Å². The number of hydrogen-bond acceptors (Lipinski definition) is 5. The van der Waals surface area contributed by atoms with Gasteiger partial charge in [-0.2, -0.15) is 0 Å². The molecular weight excluding hydrogens is 326 g/mol. The summed E-state index contributed by atoms with van der Waals surface area (Å²) in [6.07, 6.45) is 0.381. The number of carboxylic acid groups (broad SMARTS) is 1. The van der Waals surface area contributed by atoms with Crippen molar-refractivity contribution < 1.29 is 29.3 Å². The lowest BCUT2D eigenvalue weighted by atomic mass is 9.92. The third kappa shape index (κ3) is 6.26. The number of benzene rings is 1. The molecule has 3 N–H and O–H groups in total. The molecule has 1 fully saturated rings. The van der Waals surface area contributed by atoms with E-state index in [-0.39, 0.29) is 18.6 Å². The van der Waals surface area contributed by atoms with E-state index in [2.05, 4.69) is 5.32 Å². The second-order valence-corrected chi connectivity index (χ2v) is 7.25. The lowest BCUT2D eigenvalue weighted by Crippen LogP contribution is -2.44. The standard InChI is InChI=1S/C18H25NO6/c1-18(2,3)25-17(23)19-15(16(21)22)8-11-4-6-13(7-5-11)24-14-9-12(20)10-14/h4-7,12,14-15,20H,8-10H2,1-3H3,(H,19,23)(H,21,22)/t12?,14?,15-/m0/s1. The highest BCUT2D eigenvalue weighted by atomic mass is 16.6. The Bertz CT molecular complexity index is 601. The van der Waals surface area contributed by atoms with Crippen LogP contribution in [0, 0.1) is 0 Å². The molecule has 0 radical (unpaired) electrons. The molecule has 2 rings (SSSR count). The fourth-order valence-corrected chi connectivity index (χ4v) is 2.42. The summed E-state index contributed by atoms with van der Waals surface area (Å²) in [6.45, 7) is 5.13. The maximum atomic E-state index is 11.8. The molecule has 1 aliphatic rings. The van der Waals surface area contributed by atoms with E-state index in [1.165, 1.54) is 0 Å². The number of aliphatic hydroxyl groups excluding tert-OH is 1. The van der Waals surface area contributed by atoms with Gasteiger partial charge < -0.3 is 25.0 Å². The summed E-state index contributed by atoms with van der Waals surface area (Å²) in [7, 11) is 0. The maximum Gasteiger partial charge on any atom is 0.408 e. The Morgan fingerprint density at radius 1 is 1.24 bits per heavy atom. The van der Waals surface area contributed by atoms with Crippen molar-refractivity contribution in [2.24, 2.45) is 0 Å². The second kappa shape index (κ2) is 7.74. The van der Waals surface area contributed by atoms with Gasteiger partial charge in [-0.3, -0.25) is 0 Å². The van der Waals surface area contributed by atoms with Gasteiger partial charge in [0, 0.05) is 19.3 Å². The van der Waals surface area contributed by atoms with Crippen molar-refractivity contribution in [2.75, 3.05) is 0 Å². The first-order chi connectivity index (χ1) is 11.6. The summed E-state index contributed by atoms with van der Waals surface area (Å²) in [5, 5.41) is 20.9. The first-order valence-electron chi connectivity index (χ1n) is 8.28. The molecule has 1 aromatic rings. The van der Waals surface area contributed by atoms with Crippen molar-refractivity contribution in [1.82, 2.24) is 5.32 Å². The molecule has 1 saturated carbocycles. The fourth-order valence-electron chi connectivity index (χ4n) is 2.42. The monoisotopic (exact) mass is 351 g/mol. The molecule has 1 aliphatic carbocycles. The minimum Gasteiger partial charge on any atom is -0.490 e. The normalized spacial score (nSPS) is 21.0. The highest BCUT2D eigenvalue weighted by molar-refractivity contribution is 5.80. The maximum absolute atomic E-state index is 11.8. The van der Waals surface area contributed by atoms with E-state index in [9.17, 15) is 19.8 Å². The number of rotatable bonds is 6. The second-order valence-electron chi connectivity index (χ2n) is 7.25. The molecule has 25 heavy (non-hydrogen) atoms. The van der Waals surface area contributed by atoms with Gasteiger partial charge >= 0.3 is 12.1 Å². The van der Waals surface area contributed by atoms with Gasteiger partial charge in [0.15, 0.2) is 0 Å². The fraction of sp³-hybridized carbons (Fsp3) is 0.556. The van der Waals surface area contributed by atoms with E-state index in [1.54, 1.807) is 45.0 Å². The molecule has 7 nitrogen and oxygen atoms in total. The van der Waals surface area contributed by atoms with Crippen LogP contribution in [0.1, 0.15) is 39.2 Å². The molecular formula is C18H25NO6. The van der Waals surface area contributed by atoms with Crippen LogP contribution in [0.15, 0.2) is 24.3 Å². The SMILES string of the molecule is CC(C)(C)OC(=O)N[C@@H](Cc1ccc(OC2CC(O)C2)cc1)C(=O)O. The number of amides is 1. The van der Waals surface area contributed by atoms with E-state index < -0.39 is 23.7 Å². The van der Waals surface area contributed by atoms with Crippen molar-refractivity contribution in [3.05, 3.63) is 29.8 Å². The molecule has 0 heterocycles. The van der Waals surface area contributed by atoms with Crippen LogP contribution in [0.2, 0.25) is 0 Å². The minimum absolute atomic E-state index is 0.0291. The van der Waals surface area contributed by atoms with E-state index in [0.29, 0.717) is 18.6 Å². The first kappa shape index (κ1) is 19.1. The Morgan fingerprint density at radius 3 is 2.32 bits per heavy atom. The van der Waals surface area contributed by atoms with Crippen LogP contribution in [0.5, 0.6) is 5.75 Å².